The third-order valence-electron chi connectivity index (χ3n) is 5.04. The number of likely N-dealkylation sites (tertiary alicyclic amines) is 1. The van der Waals surface area contributed by atoms with Crippen molar-refractivity contribution in [2.75, 3.05) is 26.3 Å². The third-order valence-corrected chi connectivity index (χ3v) is 5.77. The van der Waals surface area contributed by atoms with E-state index in [2.05, 4.69) is 32.0 Å². The van der Waals surface area contributed by atoms with E-state index < -0.39 is 5.41 Å². The minimum absolute atomic E-state index is 0.100. The number of hydrogen-bond donors (Lipinski definition) is 1. The zero-order valence-corrected chi connectivity index (χ0v) is 14.3. The smallest absolute Gasteiger partial charge is 0.230 e. The molecule has 0 aromatic carbocycles. The molecule has 2 aliphatic heterocycles. The highest BCUT2D eigenvalue weighted by Gasteiger charge is 2.55. The Labute approximate surface area is 145 Å². The first-order valence-corrected chi connectivity index (χ1v) is 9.20. The lowest BCUT2D eigenvalue weighted by Gasteiger charge is -2.26. The number of aromatic nitrogens is 1. The topological polar surface area (TPSA) is 54.5 Å². The van der Waals surface area contributed by atoms with E-state index in [-0.39, 0.29) is 11.8 Å². The van der Waals surface area contributed by atoms with Gasteiger partial charge >= 0.3 is 0 Å². The molecule has 6 heteroatoms. The average Bonchev–Trinajstić information content (AvgIpc) is 3.30. The number of carbonyl (C=O) groups excluding carboxylic acids is 1. The SMILES string of the molecule is O=C(NCc1ccccn1)[C@@]12COC[C@@H]1CN(Cc1ccsc1)C2. The highest BCUT2D eigenvalue weighted by atomic mass is 32.1. The van der Waals surface area contributed by atoms with Crippen LogP contribution in [-0.4, -0.2) is 42.1 Å². The first-order chi connectivity index (χ1) is 11.8. The van der Waals surface area contributed by atoms with E-state index in [9.17, 15) is 4.79 Å². The van der Waals surface area contributed by atoms with Crippen LogP contribution >= 0.6 is 11.3 Å². The summed E-state index contributed by atoms with van der Waals surface area (Å²) in [6.45, 7) is 4.27. The number of amides is 1. The van der Waals surface area contributed by atoms with E-state index in [0.29, 0.717) is 19.8 Å². The van der Waals surface area contributed by atoms with Gasteiger partial charge in [0.25, 0.3) is 0 Å². The molecule has 24 heavy (non-hydrogen) atoms. The number of fused-ring (bicyclic) bond motifs is 1. The number of ether oxygens (including phenoxy) is 1. The largest absolute Gasteiger partial charge is 0.380 e. The first kappa shape index (κ1) is 15.7. The van der Waals surface area contributed by atoms with Gasteiger partial charge in [-0.25, -0.2) is 0 Å². The van der Waals surface area contributed by atoms with Crippen molar-refractivity contribution in [2.24, 2.45) is 11.3 Å². The highest BCUT2D eigenvalue weighted by molar-refractivity contribution is 7.07. The molecule has 0 spiro atoms. The van der Waals surface area contributed by atoms with Crippen LogP contribution in [0.2, 0.25) is 0 Å². The van der Waals surface area contributed by atoms with Gasteiger partial charge in [-0.2, -0.15) is 11.3 Å². The molecule has 5 nitrogen and oxygen atoms in total. The van der Waals surface area contributed by atoms with Gasteiger partial charge in [0.2, 0.25) is 5.91 Å². The molecule has 2 atom stereocenters. The molecule has 1 N–H and O–H groups in total. The Morgan fingerprint density at radius 3 is 3.21 bits per heavy atom. The summed E-state index contributed by atoms with van der Waals surface area (Å²) in [6, 6.07) is 7.90. The van der Waals surface area contributed by atoms with Gasteiger partial charge in [0, 0.05) is 31.7 Å². The molecule has 2 saturated heterocycles. The zero-order chi connectivity index (χ0) is 16.4. The molecule has 2 aromatic rings. The van der Waals surface area contributed by atoms with Gasteiger partial charge in [0.15, 0.2) is 0 Å². The van der Waals surface area contributed by atoms with Crippen LogP contribution < -0.4 is 5.32 Å². The summed E-state index contributed by atoms with van der Waals surface area (Å²) in [5, 5.41) is 7.36. The van der Waals surface area contributed by atoms with Gasteiger partial charge in [-0.3, -0.25) is 14.7 Å². The van der Waals surface area contributed by atoms with Crippen molar-refractivity contribution in [3.63, 3.8) is 0 Å². The number of carbonyl (C=O) groups is 1. The van der Waals surface area contributed by atoms with Crippen molar-refractivity contribution >= 4 is 17.2 Å². The lowest BCUT2D eigenvalue weighted by atomic mass is 9.80. The maximum Gasteiger partial charge on any atom is 0.230 e. The second-order valence-corrected chi connectivity index (χ2v) is 7.45. The van der Waals surface area contributed by atoms with E-state index in [1.54, 1.807) is 17.5 Å². The standard InChI is InChI=1S/C18H21N3O2S/c22-17(20-7-16-3-1-2-5-19-16)18-12-21(8-14-4-6-24-11-14)9-15(18)10-23-13-18/h1-6,11,15H,7-10,12-13H2,(H,20,22)/t15-,18-/m0/s1. The van der Waals surface area contributed by atoms with Gasteiger partial charge < -0.3 is 10.1 Å². The fourth-order valence-corrected chi connectivity index (χ4v) is 4.43. The minimum atomic E-state index is -0.412. The summed E-state index contributed by atoms with van der Waals surface area (Å²) in [4.78, 5) is 19.6. The van der Waals surface area contributed by atoms with Gasteiger partial charge in [0.1, 0.15) is 0 Å². The van der Waals surface area contributed by atoms with Crippen molar-refractivity contribution in [1.29, 1.82) is 0 Å². The first-order valence-electron chi connectivity index (χ1n) is 8.26. The number of hydrogen-bond acceptors (Lipinski definition) is 5. The quantitative estimate of drug-likeness (QED) is 0.901. The predicted octanol–water partition coefficient (Wildman–Crippen LogP) is 1.91. The van der Waals surface area contributed by atoms with Crippen molar-refractivity contribution in [3.8, 4) is 0 Å². The molecule has 2 aromatic heterocycles. The number of nitrogens with one attached hydrogen (secondary N) is 1. The molecule has 2 aliphatic rings. The molecule has 0 unspecified atom stereocenters. The van der Waals surface area contributed by atoms with Crippen LogP contribution in [0, 0.1) is 11.3 Å². The van der Waals surface area contributed by atoms with E-state index in [4.69, 9.17) is 4.74 Å². The third kappa shape index (κ3) is 2.97. The lowest BCUT2D eigenvalue weighted by Crippen LogP contribution is -2.46. The normalized spacial score (nSPS) is 26.4. The molecule has 0 saturated carbocycles. The molecule has 2 fully saturated rings. The number of nitrogens with zero attached hydrogens (tertiary/aromatic N) is 2. The molecule has 126 valence electrons. The summed E-state index contributed by atoms with van der Waals surface area (Å²) in [6.07, 6.45) is 1.75. The second kappa shape index (κ2) is 6.63. The van der Waals surface area contributed by atoms with Crippen LogP contribution in [0.15, 0.2) is 41.2 Å². The van der Waals surface area contributed by atoms with Gasteiger partial charge in [-0.15, -0.1) is 0 Å². The average molecular weight is 343 g/mol. The van der Waals surface area contributed by atoms with E-state index in [1.807, 2.05) is 18.2 Å². The van der Waals surface area contributed by atoms with Crippen molar-refractivity contribution < 1.29 is 9.53 Å². The molecule has 0 aliphatic carbocycles. The van der Waals surface area contributed by atoms with Gasteiger partial charge in [-0.1, -0.05) is 6.07 Å². The Hall–Kier alpha value is -1.76. The molecular formula is C18H21N3O2S. The van der Waals surface area contributed by atoms with Crippen LogP contribution in [0.25, 0.3) is 0 Å². The molecular weight excluding hydrogens is 322 g/mol. The summed E-state index contributed by atoms with van der Waals surface area (Å²) in [7, 11) is 0. The van der Waals surface area contributed by atoms with Crippen LogP contribution in [0.4, 0.5) is 0 Å². The predicted molar refractivity (Wildman–Crippen MR) is 92.4 cm³/mol. The summed E-state index contributed by atoms with van der Waals surface area (Å²) >= 11 is 1.72. The van der Waals surface area contributed by atoms with E-state index >= 15 is 0 Å². The van der Waals surface area contributed by atoms with Gasteiger partial charge in [-0.05, 0) is 34.5 Å². The Morgan fingerprint density at radius 1 is 1.46 bits per heavy atom. The molecule has 1 amide bonds. The van der Waals surface area contributed by atoms with Crippen LogP contribution in [-0.2, 0) is 22.6 Å². The minimum Gasteiger partial charge on any atom is -0.380 e. The maximum absolute atomic E-state index is 12.9. The second-order valence-electron chi connectivity index (χ2n) is 6.67. The Balaban J connectivity index is 1.42. The fourth-order valence-electron chi connectivity index (χ4n) is 3.77. The zero-order valence-electron chi connectivity index (χ0n) is 13.5. The van der Waals surface area contributed by atoms with Crippen molar-refractivity contribution in [2.45, 2.75) is 13.1 Å². The fraction of sp³-hybridized carbons (Fsp3) is 0.444. The number of rotatable bonds is 5. The van der Waals surface area contributed by atoms with Gasteiger partial charge in [0.05, 0.1) is 30.9 Å². The summed E-state index contributed by atoms with van der Waals surface area (Å²) in [5.74, 6) is 0.378. The Kier molecular flexibility index (Phi) is 4.35. The highest BCUT2D eigenvalue weighted by Crippen LogP contribution is 2.42. The molecule has 4 heterocycles. The number of pyridine rings is 1. The molecule has 0 radical (unpaired) electrons. The molecule has 0 bridgehead atoms. The van der Waals surface area contributed by atoms with E-state index in [0.717, 1.165) is 25.3 Å². The van der Waals surface area contributed by atoms with Crippen LogP contribution in [0.1, 0.15) is 11.3 Å². The number of thiophene rings is 1. The monoisotopic (exact) mass is 343 g/mol. The van der Waals surface area contributed by atoms with Crippen molar-refractivity contribution in [3.05, 3.63) is 52.5 Å². The van der Waals surface area contributed by atoms with Crippen molar-refractivity contribution in [1.82, 2.24) is 15.2 Å². The Morgan fingerprint density at radius 2 is 2.42 bits per heavy atom. The van der Waals surface area contributed by atoms with Crippen LogP contribution in [0.5, 0.6) is 0 Å². The molecule has 4 rings (SSSR count). The Bertz CT molecular complexity index is 692. The summed E-state index contributed by atoms with van der Waals surface area (Å²) in [5.41, 5.74) is 1.79. The van der Waals surface area contributed by atoms with Crippen LogP contribution in [0.3, 0.4) is 0 Å². The lowest BCUT2D eigenvalue weighted by molar-refractivity contribution is -0.131. The maximum atomic E-state index is 12.9. The van der Waals surface area contributed by atoms with E-state index in [1.165, 1.54) is 5.56 Å². The summed E-state index contributed by atoms with van der Waals surface area (Å²) < 4.78 is 5.67.